The highest BCUT2D eigenvalue weighted by Gasteiger charge is 2.21. The Morgan fingerprint density at radius 3 is 2.43 bits per heavy atom. The van der Waals surface area contributed by atoms with E-state index < -0.39 is 5.60 Å². The average Bonchev–Trinajstić information content (AvgIpc) is 2.15. The molecule has 0 aliphatic heterocycles. The van der Waals surface area contributed by atoms with Crippen molar-refractivity contribution in [2.75, 3.05) is 6.54 Å². The molecular weight excluding hydrogens is 174 g/mol. The van der Waals surface area contributed by atoms with E-state index in [0.717, 1.165) is 11.1 Å². The zero-order valence-electron chi connectivity index (χ0n) is 9.12. The highest BCUT2D eigenvalue weighted by Crippen LogP contribution is 2.28. The van der Waals surface area contributed by atoms with E-state index in [0.29, 0.717) is 6.54 Å². The maximum Gasteiger partial charge on any atom is 0.0843 e. The van der Waals surface area contributed by atoms with Gasteiger partial charge in [0.25, 0.3) is 0 Å². The Morgan fingerprint density at radius 2 is 1.93 bits per heavy atom. The van der Waals surface area contributed by atoms with Crippen molar-refractivity contribution < 1.29 is 5.11 Å². The third kappa shape index (κ3) is 2.34. The standard InChI is InChI=1S/C12H19NO/c1-9(8-13)10-6-4-5-7-11(10)12(2,3)14/h4-7,9,14H,8,13H2,1-3H3. The van der Waals surface area contributed by atoms with Crippen molar-refractivity contribution in [3.05, 3.63) is 35.4 Å². The van der Waals surface area contributed by atoms with Crippen LogP contribution in [-0.2, 0) is 5.60 Å². The molecule has 1 aromatic rings. The summed E-state index contributed by atoms with van der Waals surface area (Å²) in [5, 5.41) is 9.97. The van der Waals surface area contributed by atoms with Gasteiger partial charge in [-0.05, 0) is 37.4 Å². The molecule has 1 atom stereocenters. The molecule has 1 rings (SSSR count). The molecule has 1 aromatic carbocycles. The Hall–Kier alpha value is -0.860. The summed E-state index contributed by atoms with van der Waals surface area (Å²) in [6.07, 6.45) is 0. The third-order valence-electron chi connectivity index (χ3n) is 2.50. The van der Waals surface area contributed by atoms with E-state index in [2.05, 4.69) is 6.92 Å². The number of hydrogen-bond acceptors (Lipinski definition) is 2. The van der Waals surface area contributed by atoms with Gasteiger partial charge < -0.3 is 10.8 Å². The molecule has 0 radical (unpaired) electrons. The van der Waals surface area contributed by atoms with E-state index in [-0.39, 0.29) is 5.92 Å². The van der Waals surface area contributed by atoms with Crippen LogP contribution in [0.4, 0.5) is 0 Å². The van der Waals surface area contributed by atoms with Crippen LogP contribution in [0.25, 0.3) is 0 Å². The van der Waals surface area contributed by atoms with Gasteiger partial charge in [0, 0.05) is 0 Å². The second kappa shape index (κ2) is 4.11. The normalized spacial score (nSPS) is 14.1. The van der Waals surface area contributed by atoms with Gasteiger partial charge in [-0.3, -0.25) is 0 Å². The molecule has 2 heteroatoms. The zero-order chi connectivity index (χ0) is 10.8. The number of benzene rings is 1. The van der Waals surface area contributed by atoms with Crippen LogP contribution in [0, 0.1) is 0 Å². The van der Waals surface area contributed by atoms with E-state index in [1.54, 1.807) is 13.8 Å². The Bertz CT molecular complexity index is 301. The molecule has 0 fully saturated rings. The van der Waals surface area contributed by atoms with E-state index in [4.69, 9.17) is 5.73 Å². The third-order valence-corrected chi connectivity index (χ3v) is 2.50. The summed E-state index contributed by atoms with van der Waals surface area (Å²) in [6.45, 7) is 6.28. The van der Waals surface area contributed by atoms with Crippen LogP contribution < -0.4 is 5.73 Å². The minimum absolute atomic E-state index is 0.289. The predicted molar refractivity (Wildman–Crippen MR) is 59.2 cm³/mol. The lowest BCUT2D eigenvalue weighted by Gasteiger charge is -2.24. The second-order valence-electron chi connectivity index (χ2n) is 4.28. The highest BCUT2D eigenvalue weighted by molar-refractivity contribution is 5.34. The van der Waals surface area contributed by atoms with Crippen LogP contribution in [0.15, 0.2) is 24.3 Å². The lowest BCUT2D eigenvalue weighted by atomic mass is 9.87. The molecule has 0 amide bonds. The molecule has 0 saturated carbocycles. The zero-order valence-corrected chi connectivity index (χ0v) is 9.12. The minimum atomic E-state index is -0.792. The lowest BCUT2D eigenvalue weighted by molar-refractivity contribution is 0.0773. The maximum atomic E-state index is 9.97. The number of aliphatic hydroxyl groups is 1. The molecular formula is C12H19NO. The van der Waals surface area contributed by atoms with Gasteiger partial charge in [-0.25, -0.2) is 0 Å². The van der Waals surface area contributed by atoms with Crippen molar-refractivity contribution in [3.63, 3.8) is 0 Å². The molecule has 0 bridgehead atoms. The fourth-order valence-electron chi connectivity index (χ4n) is 1.61. The smallest absolute Gasteiger partial charge is 0.0843 e. The molecule has 0 spiro atoms. The first-order valence-corrected chi connectivity index (χ1v) is 4.98. The van der Waals surface area contributed by atoms with Crippen LogP contribution in [-0.4, -0.2) is 11.7 Å². The quantitative estimate of drug-likeness (QED) is 0.771. The molecule has 0 aliphatic carbocycles. The van der Waals surface area contributed by atoms with Crippen LogP contribution in [0.3, 0.4) is 0 Å². The predicted octanol–water partition coefficient (Wildman–Crippen LogP) is 1.98. The van der Waals surface area contributed by atoms with Crippen LogP contribution in [0.1, 0.15) is 37.8 Å². The van der Waals surface area contributed by atoms with Gasteiger partial charge in [0.15, 0.2) is 0 Å². The Morgan fingerprint density at radius 1 is 1.36 bits per heavy atom. The largest absolute Gasteiger partial charge is 0.386 e. The first-order valence-electron chi connectivity index (χ1n) is 4.98. The van der Waals surface area contributed by atoms with Gasteiger partial charge in [0.2, 0.25) is 0 Å². The molecule has 14 heavy (non-hydrogen) atoms. The summed E-state index contributed by atoms with van der Waals surface area (Å²) in [4.78, 5) is 0. The Labute approximate surface area is 85.8 Å². The molecule has 0 heterocycles. The van der Waals surface area contributed by atoms with E-state index in [9.17, 15) is 5.11 Å². The summed E-state index contributed by atoms with van der Waals surface area (Å²) in [5.41, 5.74) is 6.95. The minimum Gasteiger partial charge on any atom is -0.386 e. The Balaban J connectivity index is 3.16. The molecule has 0 aromatic heterocycles. The van der Waals surface area contributed by atoms with Crippen LogP contribution in [0.5, 0.6) is 0 Å². The van der Waals surface area contributed by atoms with Crippen molar-refractivity contribution in [2.24, 2.45) is 5.73 Å². The van der Waals surface area contributed by atoms with Gasteiger partial charge in [-0.15, -0.1) is 0 Å². The fourth-order valence-corrected chi connectivity index (χ4v) is 1.61. The van der Waals surface area contributed by atoms with Crippen molar-refractivity contribution >= 4 is 0 Å². The highest BCUT2D eigenvalue weighted by atomic mass is 16.3. The van der Waals surface area contributed by atoms with Gasteiger partial charge in [0.1, 0.15) is 0 Å². The molecule has 78 valence electrons. The second-order valence-corrected chi connectivity index (χ2v) is 4.28. The van der Waals surface area contributed by atoms with Gasteiger partial charge >= 0.3 is 0 Å². The fraction of sp³-hybridized carbons (Fsp3) is 0.500. The summed E-state index contributed by atoms with van der Waals surface area (Å²) < 4.78 is 0. The number of nitrogens with two attached hydrogens (primary N) is 1. The van der Waals surface area contributed by atoms with Gasteiger partial charge in [-0.1, -0.05) is 31.2 Å². The van der Waals surface area contributed by atoms with Gasteiger partial charge in [-0.2, -0.15) is 0 Å². The van der Waals surface area contributed by atoms with Crippen LogP contribution in [0.2, 0.25) is 0 Å². The number of hydrogen-bond donors (Lipinski definition) is 2. The van der Waals surface area contributed by atoms with E-state index in [1.807, 2.05) is 24.3 Å². The summed E-state index contributed by atoms with van der Waals surface area (Å²) >= 11 is 0. The number of rotatable bonds is 3. The van der Waals surface area contributed by atoms with Crippen molar-refractivity contribution in [1.82, 2.24) is 0 Å². The van der Waals surface area contributed by atoms with E-state index in [1.165, 1.54) is 0 Å². The molecule has 0 saturated heterocycles. The maximum absolute atomic E-state index is 9.97. The molecule has 0 aliphatic rings. The summed E-state index contributed by atoms with van der Waals surface area (Å²) in [7, 11) is 0. The van der Waals surface area contributed by atoms with Crippen molar-refractivity contribution in [1.29, 1.82) is 0 Å². The van der Waals surface area contributed by atoms with E-state index >= 15 is 0 Å². The monoisotopic (exact) mass is 193 g/mol. The van der Waals surface area contributed by atoms with Gasteiger partial charge in [0.05, 0.1) is 5.60 Å². The van der Waals surface area contributed by atoms with Crippen molar-refractivity contribution in [2.45, 2.75) is 32.3 Å². The first kappa shape index (κ1) is 11.2. The van der Waals surface area contributed by atoms with Crippen molar-refractivity contribution in [3.8, 4) is 0 Å². The first-order chi connectivity index (χ1) is 6.46. The SMILES string of the molecule is CC(CN)c1ccccc1C(C)(C)O. The summed E-state index contributed by atoms with van der Waals surface area (Å²) in [5.74, 6) is 0.289. The molecule has 1 unspecified atom stereocenters. The summed E-state index contributed by atoms with van der Waals surface area (Å²) in [6, 6.07) is 7.92. The Kier molecular flexibility index (Phi) is 3.29. The molecule has 3 N–H and O–H groups in total. The average molecular weight is 193 g/mol. The molecule has 2 nitrogen and oxygen atoms in total. The lowest BCUT2D eigenvalue weighted by Crippen LogP contribution is -2.21. The topological polar surface area (TPSA) is 46.2 Å². The van der Waals surface area contributed by atoms with Crippen LogP contribution >= 0.6 is 0 Å².